The SMILES string of the molecule is CC1CC[NH+](CC(=O)c2ccccc2Br)CC1. The van der Waals surface area contributed by atoms with Gasteiger partial charge in [0.15, 0.2) is 0 Å². The Kier molecular flexibility index (Phi) is 4.35. The smallest absolute Gasteiger partial charge is 0.217 e. The highest BCUT2D eigenvalue weighted by atomic mass is 79.9. The van der Waals surface area contributed by atoms with E-state index in [2.05, 4.69) is 22.9 Å². The Morgan fingerprint density at radius 2 is 2.00 bits per heavy atom. The predicted molar refractivity (Wildman–Crippen MR) is 72.4 cm³/mol. The van der Waals surface area contributed by atoms with Crippen molar-refractivity contribution in [1.82, 2.24) is 0 Å². The Labute approximate surface area is 111 Å². The van der Waals surface area contributed by atoms with Gasteiger partial charge in [-0.25, -0.2) is 0 Å². The van der Waals surface area contributed by atoms with Crippen LogP contribution in [0.4, 0.5) is 0 Å². The van der Waals surface area contributed by atoms with Gasteiger partial charge in [0.25, 0.3) is 0 Å². The maximum absolute atomic E-state index is 12.2. The number of likely N-dealkylation sites (tertiary alicyclic amines) is 1. The average molecular weight is 297 g/mol. The van der Waals surface area contributed by atoms with E-state index in [-0.39, 0.29) is 5.78 Å². The summed E-state index contributed by atoms with van der Waals surface area (Å²) in [5.74, 6) is 1.08. The van der Waals surface area contributed by atoms with Crippen LogP contribution < -0.4 is 4.90 Å². The molecular weight excluding hydrogens is 278 g/mol. The maximum Gasteiger partial charge on any atom is 0.217 e. The number of carbonyl (C=O) groups excluding carboxylic acids is 1. The van der Waals surface area contributed by atoms with Crippen molar-refractivity contribution >= 4 is 21.7 Å². The number of carbonyl (C=O) groups is 1. The normalized spacial score (nSPS) is 24.6. The van der Waals surface area contributed by atoms with Crippen LogP contribution in [-0.4, -0.2) is 25.4 Å². The van der Waals surface area contributed by atoms with Crippen molar-refractivity contribution in [3.05, 3.63) is 34.3 Å². The number of piperidine rings is 1. The molecule has 92 valence electrons. The van der Waals surface area contributed by atoms with Crippen LogP contribution in [0.2, 0.25) is 0 Å². The molecule has 3 heteroatoms. The van der Waals surface area contributed by atoms with Gasteiger partial charge in [0.05, 0.1) is 13.1 Å². The van der Waals surface area contributed by atoms with Crippen molar-refractivity contribution < 1.29 is 9.69 Å². The molecule has 0 unspecified atom stereocenters. The number of ketones is 1. The number of hydrogen-bond acceptors (Lipinski definition) is 1. The summed E-state index contributed by atoms with van der Waals surface area (Å²) < 4.78 is 0.912. The summed E-state index contributed by atoms with van der Waals surface area (Å²) in [6, 6.07) is 7.70. The third kappa shape index (κ3) is 3.39. The zero-order valence-electron chi connectivity index (χ0n) is 10.2. The van der Waals surface area contributed by atoms with Gasteiger partial charge in [-0.05, 0) is 24.8 Å². The molecule has 0 amide bonds. The second-order valence-electron chi connectivity index (χ2n) is 5.01. The number of rotatable bonds is 3. The molecule has 1 aliphatic heterocycles. The number of quaternary nitrogens is 1. The minimum atomic E-state index is 0.252. The summed E-state index contributed by atoms with van der Waals surface area (Å²) in [5.41, 5.74) is 0.818. The van der Waals surface area contributed by atoms with Gasteiger partial charge in [-0.1, -0.05) is 41.1 Å². The van der Waals surface area contributed by atoms with E-state index in [4.69, 9.17) is 0 Å². The Morgan fingerprint density at radius 3 is 2.65 bits per heavy atom. The third-order valence-electron chi connectivity index (χ3n) is 3.57. The quantitative estimate of drug-likeness (QED) is 0.846. The molecule has 0 aliphatic carbocycles. The molecule has 2 rings (SSSR count). The van der Waals surface area contributed by atoms with E-state index in [0.29, 0.717) is 6.54 Å². The summed E-state index contributed by atoms with van der Waals surface area (Å²) in [6.07, 6.45) is 2.50. The lowest BCUT2D eigenvalue weighted by Crippen LogP contribution is -3.13. The molecule has 1 aromatic rings. The molecule has 0 radical (unpaired) electrons. The second-order valence-corrected chi connectivity index (χ2v) is 5.87. The highest BCUT2D eigenvalue weighted by molar-refractivity contribution is 9.10. The fourth-order valence-electron chi connectivity index (χ4n) is 2.36. The fourth-order valence-corrected chi connectivity index (χ4v) is 2.86. The maximum atomic E-state index is 12.2. The first-order valence-corrected chi connectivity index (χ1v) is 7.07. The van der Waals surface area contributed by atoms with Crippen molar-refractivity contribution in [2.45, 2.75) is 19.8 Å². The van der Waals surface area contributed by atoms with Crippen LogP contribution in [0.5, 0.6) is 0 Å². The van der Waals surface area contributed by atoms with Gasteiger partial charge in [0, 0.05) is 10.0 Å². The Hall–Kier alpha value is -0.670. The first-order chi connectivity index (χ1) is 8.16. The van der Waals surface area contributed by atoms with E-state index in [1.54, 1.807) is 0 Å². The molecule has 0 aromatic heterocycles. The molecule has 17 heavy (non-hydrogen) atoms. The van der Waals surface area contributed by atoms with Crippen molar-refractivity contribution in [3.63, 3.8) is 0 Å². The second kappa shape index (κ2) is 5.78. The van der Waals surface area contributed by atoms with Crippen molar-refractivity contribution in [2.75, 3.05) is 19.6 Å². The van der Waals surface area contributed by atoms with Crippen molar-refractivity contribution in [3.8, 4) is 0 Å². The number of Topliss-reactive ketones (excluding diaryl/α,β-unsaturated/α-hetero) is 1. The standard InChI is InChI=1S/C14H18BrNO/c1-11-6-8-16(9-7-11)10-14(17)12-4-2-3-5-13(12)15/h2-5,11H,6-10H2,1H3/p+1. The van der Waals surface area contributed by atoms with E-state index in [9.17, 15) is 4.79 Å². The molecule has 0 atom stereocenters. The monoisotopic (exact) mass is 296 g/mol. The number of halogens is 1. The molecule has 0 bridgehead atoms. The van der Waals surface area contributed by atoms with Gasteiger partial charge in [0.2, 0.25) is 5.78 Å². The lowest BCUT2D eigenvalue weighted by molar-refractivity contribution is -0.897. The van der Waals surface area contributed by atoms with Crippen LogP contribution in [0.1, 0.15) is 30.1 Å². The number of benzene rings is 1. The van der Waals surface area contributed by atoms with E-state index in [0.717, 1.165) is 29.0 Å². The van der Waals surface area contributed by atoms with Crippen molar-refractivity contribution in [1.29, 1.82) is 0 Å². The Bertz CT molecular complexity index is 397. The lowest BCUT2D eigenvalue weighted by Gasteiger charge is -2.26. The third-order valence-corrected chi connectivity index (χ3v) is 4.26. The lowest BCUT2D eigenvalue weighted by atomic mass is 9.99. The van der Waals surface area contributed by atoms with E-state index in [1.165, 1.54) is 17.7 Å². The highest BCUT2D eigenvalue weighted by Gasteiger charge is 2.22. The van der Waals surface area contributed by atoms with Gasteiger partial charge in [-0.3, -0.25) is 4.79 Å². The van der Waals surface area contributed by atoms with E-state index >= 15 is 0 Å². The summed E-state index contributed by atoms with van der Waals surface area (Å²) in [7, 11) is 0. The zero-order chi connectivity index (χ0) is 12.3. The van der Waals surface area contributed by atoms with E-state index in [1.807, 2.05) is 24.3 Å². The van der Waals surface area contributed by atoms with Gasteiger partial charge in [-0.15, -0.1) is 0 Å². The highest BCUT2D eigenvalue weighted by Crippen LogP contribution is 2.15. The van der Waals surface area contributed by atoms with Crippen LogP contribution in [0.3, 0.4) is 0 Å². The first-order valence-electron chi connectivity index (χ1n) is 6.28. The zero-order valence-corrected chi connectivity index (χ0v) is 11.8. The van der Waals surface area contributed by atoms with Crippen LogP contribution in [-0.2, 0) is 0 Å². The molecule has 1 N–H and O–H groups in total. The molecular formula is C14H19BrNO+. The molecule has 2 nitrogen and oxygen atoms in total. The van der Waals surface area contributed by atoms with Gasteiger partial charge in [-0.2, -0.15) is 0 Å². The number of hydrogen-bond donors (Lipinski definition) is 1. The summed E-state index contributed by atoms with van der Waals surface area (Å²) in [6.45, 7) is 5.20. The molecule has 0 saturated carbocycles. The number of nitrogens with one attached hydrogen (secondary N) is 1. The molecule has 1 saturated heterocycles. The van der Waals surface area contributed by atoms with Gasteiger partial charge >= 0.3 is 0 Å². The Balaban J connectivity index is 1.96. The molecule has 1 fully saturated rings. The van der Waals surface area contributed by atoms with Crippen LogP contribution in [0.25, 0.3) is 0 Å². The van der Waals surface area contributed by atoms with E-state index < -0.39 is 0 Å². The van der Waals surface area contributed by atoms with Gasteiger partial charge in [0.1, 0.15) is 6.54 Å². The fraction of sp³-hybridized carbons (Fsp3) is 0.500. The summed E-state index contributed by atoms with van der Waals surface area (Å²) in [4.78, 5) is 13.6. The topological polar surface area (TPSA) is 21.5 Å². The van der Waals surface area contributed by atoms with Crippen LogP contribution in [0, 0.1) is 5.92 Å². The largest absolute Gasteiger partial charge is 0.328 e. The molecule has 1 heterocycles. The minimum Gasteiger partial charge on any atom is -0.328 e. The van der Waals surface area contributed by atoms with Crippen LogP contribution >= 0.6 is 15.9 Å². The molecule has 1 aromatic carbocycles. The summed E-state index contributed by atoms with van der Waals surface area (Å²) >= 11 is 3.44. The predicted octanol–water partition coefficient (Wildman–Crippen LogP) is 1.95. The van der Waals surface area contributed by atoms with Gasteiger partial charge < -0.3 is 4.90 Å². The molecule has 0 spiro atoms. The van der Waals surface area contributed by atoms with Crippen LogP contribution in [0.15, 0.2) is 28.7 Å². The minimum absolute atomic E-state index is 0.252. The molecule has 1 aliphatic rings. The van der Waals surface area contributed by atoms with Crippen molar-refractivity contribution in [2.24, 2.45) is 5.92 Å². The summed E-state index contributed by atoms with van der Waals surface area (Å²) in [5, 5.41) is 0. The first kappa shape index (κ1) is 12.8. The Morgan fingerprint density at radius 1 is 1.35 bits per heavy atom. The average Bonchev–Trinajstić information content (AvgIpc) is 2.32.